The van der Waals surface area contributed by atoms with Gasteiger partial charge in [0.15, 0.2) is 11.6 Å². The second-order valence-corrected chi connectivity index (χ2v) is 15.6. The molecule has 2 rings (SSSR count). The number of nitrogens with one attached hydrogen (secondary N) is 3. The van der Waals surface area contributed by atoms with Crippen LogP contribution < -0.4 is 73.5 Å². The molecule has 0 bridgehead atoms. The zero-order valence-corrected chi connectivity index (χ0v) is 33.8. The maximum Gasteiger partial charge on any atom is 1.00 e. The van der Waals surface area contributed by atoms with Crippen LogP contribution in [0.5, 0.6) is 5.75 Å². The van der Waals surface area contributed by atoms with Gasteiger partial charge < -0.3 is 27.6 Å². The Labute approximate surface area is 337 Å². The van der Waals surface area contributed by atoms with Crippen LogP contribution in [-0.2, 0) is 30.4 Å². The Morgan fingerprint density at radius 3 is 2.31 bits per heavy atom. The molecule has 48 heavy (non-hydrogen) atoms. The van der Waals surface area contributed by atoms with Crippen molar-refractivity contribution in [3.63, 3.8) is 0 Å². The molecule has 0 radical (unpaired) electrons. The predicted molar refractivity (Wildman–Crippen MR) is 190 cm³/mol. The van der Waals surface area contributed by atoms with Crippen molar-refractivity contribution >= 4 is 52.7 Å². The number of phenols is 1. The van der Waals surface area contributed by atoms with Crippen molar-refractivity contribution in [3.05, 3.63) is 35.6 Å². The fourth-order valence-corrected chi connectivity index (χ4v) is 8.03. The monoisotopic (exact) mass is 731 g/mol. The number of carbonyl (C=O) groups is 5. The number of aromatic hydroxyl groups is 1. The molecule has 5 atom stereocenters. The summed E-state index contributed by atoms with van der Waals surface area (Å²) in [6.45, 7) is 6.07. The molecule has 1 heterocycles. The minimum Gasteiger partial charge on any atom is -0.668 e. The minimum absolute atomic E-state index is 0. The Hall–Kier alpha value is -0.814. The number of thioether (sulfide) groups is 2. The van der Waals surface area contributed by atoms with E-state index in [4.69, 9.17) is 17.2 Å². The summed E-state index contributed by atoms with van der Waals surface area (Å²) in [6, 6.07) is 5.23. The fraction of sp³-hybridized carbons (Fsp3) is 0.676. The summed E-state index contributed by atoms with van der Waals surface area (Å²) in [5.41, 5.74) is 19.1. The summed E-state index contributed by atoms with van der Waals surface area (Å²) in [6.07, 6.45) is 3.32. The van der Waals surface area contributed by atoms with E-state index in [0.29, 0.717) is 68.1 Å². The van der Waals surface area contributed by atoms with Crippen LogP contribution in [0.2, 0.25) is 0 Å². The SMILES string of the molecule is CC(C)C[C@](C)(NC(=O)[C@H](CCCN)CCC(=O)[C@@H]1CSCSC[C@H]([NH-])C(=O)CN1)C(=O)CCC[C@@H](Cc1ccc(O)cc1)C(N)=O.[K+]. The van der Waals surface area contributed by atoms with Crippen LogP contribution in [0.3, 0.4) is 0 Å². The standard InChI is InChI=1S/C34H54N5O6S2.K/c1-22(2)17-34(3,31(43)8-4-6-25(32(37)44)16-23-9-12-26(40)13-10-23)39-33(45)24(7-5-15-35)11-14-29(41)28-20-47-21-46-19-27(36)30(42)18-38-28;/h9-10,12-13,22,24-25,27-28,36,38,40H,4-8,11,14-21,35H2,1-3H3,(H2,37,44)(H,39,45);/q-1;+1/t24-,25+,27+,28+,34+;/m1./s1. The summed E-state index contributed by atoms with van der Waals surface area (Å²) in [5, 5.41) is 16.3. The number of rotatable bonds is 19. The number of hydrogen-bond acceptors (Lipinski definition) is 10. The van der Waals surface area contributed by atoms with E-state index in [1.54, 1.807) is 43.0 Å². The van der Waals surface area contributed by atoms with Crippen molar-refractivity contribution in [2.45, 2.75) is 96.2 Å². The number of phenolic OH excluding ortho intramolecular Hbond substituents is 1. The Balaban J connectivity index is 0.0000115. The van der Waals surface area contributed by atoms with Crippen molar-refractivity contribution in [2.24, 2.45) is 29.2 Å². The topological polar surface area (TPSA) is 205 Å². The molecule has 1 aromatic rings. The largest absolute Gasteiger partial charge is 1.00 e. The Morgan fingerprint density at radius 2 is 1.69 bits per heavy atom. The first-order chi connectivity index (χ1) is 22.2. The number of ketones is 3. The molecule has 0 aliphatic carbocycles. The molecule has 0 saturated carbocycles. The number of benzene rings is 1. The van der Waals surface area contributed by atoms with E-state index in [0.717, 1.165) is 5.56 Å². The van der Waals surface area contributed by atoms with E-state index in [1.807, 2.05) is 13.8 Å². The Kier molecular flexibility index (Phi) is 22.2. The third-order valence-electron chi connectivity index (χ3n) is 8.51. The van der Waals surface area contributed by atoms with Gasteiger partial charge in [0.2, 0.25) is 11.8 Å². The predicted octanol–water partition coefficient (Wildman–Crippen LogP) is 0.791. The van der Waals surface area contributed by atoms with Crippen molar-refractivity contribution in [1.29, 1.82) is 0 Å². The van der Waals surface area contributed by atoms with Gasteiger partial charge in [-0.25, -0.2) is 0 Å². The van der Waals surface area contributed by atoms with E-state index in [1.165, 1.54) is 11.8 Å². The van der Waals surface area contributed by atoms with Crippen LogP contribution in [0, 0.1) is 17.8 Å². The minimum atomic E-state index is -1.13. The summed E-state index contributed by atoms with van der Waals surface area (Å²) in [5.74, 6) is -0.982. The number of primary amides is 1. The number of amides is 2. The van der Waals surface area contributed by atoms with Crippen molar-refractivity contribution < 1.29 is 80.5 Å². The molecule has 2 amide bonds. The van der Waals surface area contributed by atoms with Crippen LogP contribution in [0.15, 0.2) is 24.3 Å². The number of carbonyl (C=O) groups excluding carboxylic acids is 5. The van der Waals surface area contributed by atoms with Gasteiger partial charge in [0.1, 0.15) is 11.5 Å². The van der Waals surface area contributed by atoms with Crippen LogP contribution in [0.4, 0.5) is 0 Å². The summed E-state index contributed by atoms with van der Waals surface area (Å²) in [4.78, 5) is 65.0. The zero-order valence-electron chi connectivity index (χ0n) is 29.1. The zero-order chi connectivity index (χ0) is 35.0. The van der Waals surface area contributed by atoms with Crippen LogP contribution in [-0.4, -0.2) is 81.6 Å². The molecule has 1 aromatic carbocycles. The third kappa shape index (κ3) is 16.5. The number of nitrogens with two attached hydrogens (primary N) is 2. The van der Waals surface area contributed by atoms with Crippen molar-refractivity contribution in [3.8, 4) is 5.75 Å². The normalized spacial score (nSPS) is 19.8. The quantitative estimate of drug-likeness (QED) is 0.127. The fourth-order valence-electron chi connectivity index (χ4n) is 5.83. The summed E-state index contributed by atoms with van der Waals surface area (Å²) in [7, 11) is 0. The Bertz CT molecular complexity index is 1190. The van der Waals surface area contributed by atoms with Gasteiger partial charge in [-0.1, -0.05) is 32.0 Å². The summed E-state index contributed by atoms with van der Waals surface area (Å²) < 4.78 is 0. The molecule has 0 unspecified atom stereocenters. The smallest absolute Gasteiger partial charge is 0.668 e. The van der Waals surface area contributed by atoms with Gasteiger partial charge in [-0.3, -0.25) is 29.3 Å². The average Bonchev–Trinajstić information content (AvgIpc) is 3.01. The molecule has 11 nitrogen and oxygen atoms in total. The van der Waals surface area contributed by atoms with Crippen molar-refractivity contribution in [2.75, 3.05) is 29.7 Å². The van der Waals surface area contributed by atoms with E-state index in [-0.39, 0.29) is 106 Å². The first kappa shape index (κ1) is 45.2. The van der Waals surface area contributed by atoms with E-state index in [2.05, 4.69) is 10.6 Å². The molecule has 8 N–H and O–H groups in total. The first-order valence-corrected chi connectivity index (χ1v) is 18.8. The first-order valence-electron chi connectivity index (χ1n) is 16.5. The van der Waals surface area contributed by atoms with Gasteiger partial charge in [0.05, 0.1) is 18.1 Å². The third-order valence-corrected chi connectivity index (χ3v) is 11.0. The second kappa shape index (κ2) is 23.6. The van der Waals surface area contributed by atoms with Gasteiger partial charge >= 0.3 is 51.4 Å². The van der Waals surface area contributed by atoms with Crippen LogP contribution >= 0.6 is 23.5 Å². The van der Waals surface area contributed by atoms with E-state index in [9.17, 15) is 29.1 Å². The molecule has 1 aliphatic heterocycles. The molecule has 1 fully saturated rings. The second-order valence-electron chi connectivity index (χ2n) is 13.1. The van der Waals surface area contributed by atoms with Gasteiger partial charge in [0, 0.05) is 35.5 Å². The molecule has 1 aliphatic rings. The molecule has 264 valence electrons. The van der Waals surface area contributed by atoms with E-state index < -0.39 is 35.4 Å². The maximum absolute atomic E-state index is 13.7. The van der Waals surface area contributed by atoms with Crippen molar-refractivity contribution in [1.82, 2.24) is 10.6 Å². The number of Topliss-reactive ketones (excluding diaryl/α,β-unsaturated/α-hetero) is 3. The van der Waals surface area contributed by atoms with Crippen LogP contribution in [0.1, 0.15) is 77.7 Å². The number of hydrogen-bond donors (Lipinski definition) is 5. The molecule has 0 spiro atoms. The molecule has 14 heteroatoms. The van der Waals surface area contributed by atoms with Gasteiger partial charge in [0.25, 0.3) is 0 Å². The molecular weight excluding hydrogens is 678 g/mol. The Morgan fingerprint density at radius 1 is 1.04 bits per heavy atom. The van der Waals surface area contributed by atoms with Gasteiger partial charge in [-0.15, -0.1) is 11.8 Å². The molecule has 1 saturated heterocycles. The summed E-state index contributed by atoms with van der Waals surface area (Å²) >= 11 is 3.11. The maximum atomic E-state index is 13.7. The van der Waals surface area contributed by atoms with Gasteiger partial charge in [-0.2, -0.15) is 11.8 Å². The average molecular weight is 732 g/mol. The van der Waals surface area contributed by atoms with E-state index >= 15 is 0 Å². The molecular formula is C34H54KN5O6S2. The molecule has 0 aromatic heterocycles. The van der Waals surface area contributed by atoms with Crippen LogP contribution in [0.25, 0.3) is 5.73 Å². The van der Waals surface area contributed by atoms with Gasteiger partial charge in [-0.05, 0) is 87.8 Å².